The molecule has 114 valence electrons. The molecule has 0 aromatic heterocycles. The summed E-state index contributed by atoms with van der Waals surface area (Å²) < 4.78 is 41.7. The van der Waals surface area contributed by atoms with E-state index >= 15 is 0 Å². The first-order valence-corrected chi connectivity index (χ1v) is 5.37. The van der Waals surface area contributed by atoms with Crippen LogP contribution in [0.1, 0.15) is 15.9 Å². The average Bonchev–Trinajstić information content (AvgIpc) is 2.42. The van der Waals surface area contributed by atoms with Gasteiger partial charge in [0, 0.05) is 6.07 Å². The van der Waals surface area contributed by atoms with E-state index in [0.717, 1.165) is 7.11 Å². The molecule has 0 aliphatic carbocycles. The van der Waals surface area contributed by atoms with Crippen LogP contribution in [0.2, 0.25) is 0 Å². The number of carbonyl (C=O) groups excluding carboxylic acids is 2. The lowest BCUT2D eigenvalue weighted by molar-refractivity contribution is -0.385. The number of nitro groups is 1. The second kappa shape index (κ2) is 6.20. The first-order valence-electron chi connectivity index (χ1n) is 5.37. The molecular weight excluding hydrogens is 297 g/mol. The van der Waals surface area contributed by atoms with Gasteiger partial charge < -0.3 is 10.1 Å². The third-order valence-corrected chi connectivity index (χ3v) is 2.39. The van der Waals surface area contributed by atoms with Crippen molar-refractivity contribution in [3.05, 3.63) is 39.4 Å². The molecule has 0 bridgehead atoms. The van der Waals surface area contributed by atoms with Crippen molar-refractivity contribution in [3.63, 3.8) is 0 Å². The van der Waals surface area contributed by atoms with Crippen LogP contribution in [0.4, 0.5) is 18.9 Å². The van der Waals surface area contributed by atoms with Gasteiger partial charge in [-0.3, -0.25) is 19.7 Å². The zero-order valence-corrected chi connectivity index (χ0v) is 10.6. The molecule has 0 spiro atoms. The third kappa shape index (κ3) is 4.16. The van der Waals surface area contributed by atoms with Crippen LogP contribution in [0.25, 0.3) is 0 Å². The fraction of sp³-hybridized carbons (Fsp3) is 0.273. The Bertz CT molecular complexity index is 586. The molecule has 1 amide bonds. The highest BCUT2D eigenvalue weighted by atomic mass is 19.4. The number of alkyl halides is 3. The number of rotatable bonds is 4. The van der Waals surface area contributed by atoms with Gasteiger partial charge in [-0.25, -0.2) is 0 Å². The molecule has 0 aliphatic heterocycles. The molecule has 1 N–H and O–H groups in total. The Balaban J connectivity index is 3.10. The van der Waals surface area contributed by atoms with Gasteiger partial charge in [-0.2, -0.15) is 13.2 Å². The van der Waals surface area contributed by atoms with Crippen LogP contribution in [0.3, 0.4) is 0 Å². The summed E-state index contributed by atoms with van der Waals surface area (Å²) in [5, 5.41) is 12.8. The summed E-state index contributed by atoms with van der Waals surface area (Å²) in [4.78, 5) is 32.1. The van der Waals surface area contributed by atoms with Crippen LogP contribution in [-0.4, -0.2) is 30.5 Å². The van der Waals surface area contributed by atoms with Crippen LogP contribution < -0.4 is 5.32 Å². The van der Waals surface area contributed by atoms with Crippen molar-refractivity contribution in [3.8, 4) is 0 Å². The zero-order chi connectivity index (χ0) is 16.2. The van der Waals surface area contributed by atoms with Gasteiger partial charge in [-0.1, -0.05) is 0 Å². The number of esters is 1. The molecule has 1 rings (SSSR count). The van der Waals surface area contributed by atoms with Crippen molar-refractivity contribution in [2.45, 2.75) is 6.18 Å². The van der Waals surface area contributed by atoms with Crippen LogP contribution >= 0.6 is 0 Å². The Hall–Kier alpha value is -2.65. The fourth-order valence-electron chi connectivity index (χ4n) is 1.37. The van der Waals surface area contributed by atoms with Crippen LogP contribution in [0, 0.1) is 10.1 Å². The second-order valence-electron chi connectivity index (χ2n) is 3.75. The van der Waals surface area contributed by atoms with Crippen molar-refractivity contribution in [2.24, 2.45) is 0 Å². The third-order valence-electron chi connectivity index (χ3n) is 2.39. The smallest absolute Gasteiger partial charge is 0.416 e. The number of ether oxygens (including phenoxy) is 1. The number of nitro benzene ring substituents is 1. The van der Waals surface area contributed by atoms with E-state index in [1.165, 1.54) is 0 Å². The van der Waals surface area contributed by atoms with E-state index in [2.05, 4.69) is 4.74 Å². The Morgan fingerprint density at radius 2 is 2.00 bits per heavy atom. The molecule has 0 radical (unpaired) electrons. The summed E-state index contributed by atoms with van der Waals surface area (Å²) >= 11 is 0. The van der Waals surface area contributed by atoms with Gasteiger partial charge in [-0.05, 0) is 12.1 Å². The Morgan fingerprint density at radius 1 is 1.38 bits per heavy atom. The number of carbonyl (C=O) groups is 2. The number of amides is 1. The molecule has 0 saturated carbocycles. The molecule has 0 saturated heterocycles. The lowest BCUT2D eigenvalue weighted by Gasteiger charge is -2.09. The summed E-state index contributed by atoms with van der Waals surface area (Å²) in [6.07, 6.45) is -4.77. The first-order chi connectivity index (χ1) is 9.66. The van der Waals surface area contributed by atoms with Gasteiger partial charge in [-0.15, -0.1) is 0 Å². The SMILES string of the molecule is COC(=O)CNC(=O)c1ccc(C(F)(F)F)cc1[N+](=O)[O-]. The maximum atomic E-state index is 12.5. The quantitative estimate of drug-likeness (QED) is 0.516. The summed E-state index contributed by atoms with van der Waals surface area (Å²) in [6.45, 7) is -0.562. The molecular formula is C11H9F3N2O5. The second-order valence-corrected chi connectivity index (χ2v) is 3.75. The molecule has 0 fully saturated rings. The van der Waals surface area contributed by atoms with Crippen LogP contribution in [-0.2, 0) is 15.7 Å². The van der Waals surface area contributed by atoms with Crippen molar-refractivity contribution in [1.29, 1.82) is 0 Å². The molecule has 0 atom stereocenters. The summed E-state index contributed by atoms with van der Waals surface area (Å²) in [5.74, 6) is -1.86. The first kappa shape index (κ1) is 16.4. The van der Waals surface area contributed by atoms with Gasteiger partial charge in [0.05, 0.1) is 17.6 Å². The maximum absolute atomic E-state index is 12.5. The van der Waals surface area contributed by atoms with Gasteiger partial charge in [0.2, 0.25) is 0 Å². The van der Waals surface area contributed by atoms with Crippen molar-refractivity contribution in [2.75, 3.05) is 13.7 Å². The largest absolute Gasteiger partial charge is 0.468 e. The molecule has 7 nitrogen and oxygen atoms in total. The maximum Gasteiger partial charge on any atom is 0.416 e. The van der Waals surface area contributed by atoms with E-state index in [1.54, 1.807) is 0 Å². The monoisotopic (exact) mass is 306 g/mol. The number of halogens is 3. The fourth-order valence-corrected chi connectivity index (χ4v) is 1.37. The van der Waals surface area contributed by atoms with E-state index < -0.39 is 46.3 Å². The molecule has 0 aliphatic rings. The summed E-state index contributed by atoms with van der Waals surface area (Å²) in [5.41, 5.74) is -2.84. The lowest BCUT2D eigenvalue weighted by atomic mass is 10.1. The molecule has 10 heteroatoms. The number of hydrogen-bond acceptors (Lipinski definition) is 5. The highest BCUT2D eigenvalue weighted by molar-refractivity contribution is 5.99. The van der Waals surface area contributed by atoms with E-state index in [0.29, 0.717) is 12.1 Å². The van der Waals surface area contributed by atoms with Crippen molar-refractivity contribution in [1.82, 2.24) is 5.32 Å². The average molecular weight is 306 g/mol. The van der Waals surface area contributed by atoms with Crippen LogP contribution in [0.15, 0.2) is 18.2 Å². The molecule has 0 unspecified atom stereocenters. The van der Waals surface area contributed by atoms with E-state index in [-0.39, 0.29) is 6.07 Å². The molecule has 21 heavy (non-hydrogen) atoms. The number of benzene rings is 1. The van der Waals surface area contributed by atoms with E-state index in [1.807, 2.05) is 5.32 Å². The predicted molar refractivity (Wildman–Crippen MR) is 62.4 cm³/mol. The Labute approximate surface area is 115 Å². The lowest BCUT2D eigenvalue weighted by Crippen LogP contribution is -2.30. The summed E-state index contributed by atoms with van der Waals surface area (Å²) in [7, 11) is 1.06. The highest BCUT2D eigenvalue weighted by Crippen LogP contribution is 2.32. The minimum atomic E-state index is -4.77. The van der Waals surface area contributed by atoms with Crippen molar-refractivity contribution >= 4 is 17.6 Å². The number of methoxy groups -OCH3 is 1. The number of hydrogen-bond donors (Lipinski definition) is 1. The number of nitrogens with one attached hydrogen (secondary N) is 1. The van der Waals surface area contributed by atoms with Gasteiger partial charge in [0.15, 0.2) is 0 Å². The van der Waals surface area contributed by atoms with Gasteiger partial charge in [0.1, 0.15) is 12.1 Å². The van der Waals surface area contributed by atoms with E-state index in [4.69, 9.17) is 0 Å². The Kier molecular flexibility index (Phi) is 4.84. The minimum absolute atomic E-state index is 0.257. The standard InChI is InChI=1S/C11H9F3N2O5/c1-21-9(17)5-15-10(18)7-3-2-6(11(12,13)14)4-8(7)16(19)20/h2-4H,5H2,1H3,(H,15,18). The zero-order valence-electron chi connectivity index (χ0n) is 10.6. The number of nitrogens with zero attached hydrogens (tertiary/aromatic N) is 1. The highest BCUT2D eigenvalue weighted by Gasteiger charge is 2.34. The van der Waals surface area contributed by atoms with Crippen molar-refractivity contribution < 1.29 is 32.4 Å². The van der Waals surface area contributed by atoms with Gasteiger partial charge in [0.25, 0.3) is 11.6 Å². The van der Waals surface area contributed by atoms with E-state index in [9.17, 15) is 32.9 Å². The van der Waals surface area contributed by atoms with Crippen LogP contribution in [0.5, 0.6) is 0 Å². The Morgan fingerprint density at radius 3 is 2.48 bits per heavy atom. The normalized spacial score (nSPS) is 10.9. The molecule has 1 aromatic carbocycles. The van der Waals surface area contributed by atoms with Gasteiger partial charge >= 0.3 is 12.1 Å². The summed E-state index contributed by atoms with van der Waals surface area (Å²) in [6, 6.07) is 1.47. The topological polar surface area (TPSA) is 98.5 Å². The molecule has 1 aromatic rings. The molecule has 0 heterocycles. The predicted octanol–water partition coefficient (Wildman–Crippen LogP) is 1.52. The minimum Gasteiger partial charge on any atom is -0.468 e.